The molecule has 0 aliphatic carbocycles. The standard InChI is InChI=1S/C12H21NO4Si4/c1-6-18-15-21(16-19-7-2,11-9-10-13-12-14)17-20(4,5)8-3/h6-8H,1-3,9-11H2,4-5H3. The zero-order valence-electron chi connectivity index (χ0n) is 12.6. The summed E-state index contributed by atoms with van der Waals surface area (Å²) in [5.74, 6) is 0. The van der Waals surface area contributed by atoms with Gasteiger partial charge in [0.15, 0.2) is 0 Å². The van der Waals surface area contributed by atoms with Crippen molar-refractivity contribution in [2.45, 2.75) is 25.6 Å². The van der Waals surface area contributed by atoms with Crippen LogP contribution in [0, 0.1) is 0 Å². The van der Waals surface area contributed by atoms with Crippen molar-refractivity contribution in [2.75, 3.05) is 6.54 Å². The van der Waals surface area contributed by atoms with Crippen molar-refractivity contribution in [1.82, 2.24) is 0 Å². The highest BCUT2D eigenvalue weighted by molar-refractivity contribution is 6.86. The Morgan fingerprint density at radius 3 is 2.19 bits per heavy atom. The Hall–Kier alpha value is -0.652. The monoisotopic (exact) mass is 355 g/mol. The van der Waals surface area contributed by atoms with E-state index in [-0.39, 0.29) is 19.5 Å². The van der Waals surface area contributed by atoms with Crippen LogP contribution in [-0.2, 0) is 17.1 Å². The predicted molar refractivity (Wildman–Crippen MR) is 91.0 cm³/mol. The van der Waals surface area contributed by atoms with Crippen LogP contribution in [-0.4, -0.2) is 49.3 Å². The lowest BCUT2D eigenvalue weighted by Gasteiger charge is -2.35. The number of nitrogens with zero attached hydrogens (tertiary/aromatic N) is 1. The molecule has 21 heavy (non-hydrogen) atoms. The first-order valence-electron chi connectivity index (χ1n) is 6.41. The zero-order chi connectivity index (χ0) is 16.2. The molecule has 0 saturated heterocycles. The second-order valence-corrected chi connectivity index (χ2v) is 13.7. The first kappa shape index (κ1) is 20.3. The van der Waals surface area contributed by atoms with Gasteiger partial charge < -0.3 is 12.3 Å². The summed E-state index contributed by atoms with van der Waals surface area (Å²) < 4.78 is 18.1. The molecule has 0 amide bonds. The van der Waals surface area contributed by atoms with Crippen molar-refractivity contribution in [2.24, 2.45) is 4.99 Å². The van der Waals surface area contributed by atoms with Gasteiger partial charge in [0.2, 0.25) is 14.4 Å². The topological polar surface area (TPSA) is 57.1 Å². The number of carbonyl (C=O) groups excluding carboxylic acids is 1. The third-order valence-corrected chi connectivity index (χ3v) is 11.4. The van der Waals surface area contributed by atoms with Gasteiger partial charge in [0, 0.05) is 6.04 Å². The second kappa shape index (κ2) is 11.0. The predicted octanol–water partition coefficient (Wildman–Crippen LogP) is 2.16. The van der Waals surface area contributed by atoms with Crippen molar-refractivity contribution in [3.05, 3.63) is 36.8 Å². The van der Waals surface area contributed by atoms with E-state index in [9.17, 15) is 4.79 Å². The third kappa shape index (κ3) is 9.06. The normalized spacial score (nSPS) is 11.5. The second-order valence-electron chi connectivity index (χ2n) is 4.52. The summed E-state index contributed by atoms with van der Waals surface area (Å²) in [6.45, 7) is 15.6. The zero-order valence-corrected chi connectivity index (χ0v) is 16.6. The van der Waals surface area contributed by atoms with E-state index in [2.05, 4.69) is 24.7 Å². The molecule has 0 heterocycles. The molecule has 0 atom stereocenters. The smallest absolute Gasteiger partial charge is 0.413 e. The Morgan fingerprint density at radius 1 is 1.19 bits per heavy atom. The highest BCUT2D eigenvalue weighted by Crippen LogP contribution is 2.23. The molecule has 0 aromatic heterocycles. The molecule has 0 fully saturated rings. The summed E-state index contributed by atoms with van der Waals surface area (Å²) in [6.07, 6.45) is 2.18. The van der Waals surface area contributed by atoms with Crippen LogP contribution in [0.2, 0.25) is 19.1 Å². The minimum atomic E-state index is -2.86. The highest BCUT2D eigenvalue weighted by Gasteiger charge is 2.44. The van der Waals surface area contributed by atoms with Gasteiger partial charge in [-0.15, -0.1) is 19.7 Å². The maximum absolute atomic E-state index is 10.1. The van der Waals surface area contributed by atoms with Crippen LogP contribution in [0.3, 0.4) is 0 Å². The van der Waals surface area contributed by atoms with Crippen LogP contribution in [0.4, 0.5) is 0 Å². The van der Waals surface area contributed by atoms with Gasteiger partial charge in [0.25, 0.3) is 19.5 Å². The lowest BCUT2D eigenvalue weighted by Crippen LogP contribution is -2.54. The van der Waals surface area contributed by atoms with E-state index in [4.69, 9.17) is 12.3 Å². The fraction of sp³-hybridized carbons (Fsp3) is 0.417. The Labute approximate surface area is 134 Å². The van der Waals surface area contributed by atoms with Gasteiger partial charge in [-0.3, -0.25) is 0 Å². The molecule has 5 nitrogen and oxygen atoms in total. The molecule has 0 aromatic carbocycles. The molecule has 0 N–H and O–H groups in total. The number of aliphatic imine (C=N–C) groups is 1. The fourth-order valence-corrected chi connectivity index (χ4v) is 10.4. The van der Waals surface area contributed by atoms with E-state index in [0.717, 1.165) is 0 Å². The number of rotatable bonds is 13. The summed E-state index contributed by atoms with van der Waals surface area (Å²) in [5, 5.41) is 0. The number of hydrogen-bond donors (Lipinski definition) is 0. The van der Waals surface area contributed by atoms with Gasteiger partial charge in [-0.2, -0.15) is 0 Å². The summed E-state index contributed by atoms with van der Waals surface area (Å²) in [4.78, 5) is 13.7. The quantitative estimate of drug-likeness (QED) is 0.220. The molecule has 0 bridgehead atoms. The van der Waals surface area contributed by atoms with Gasteiger partial charge >= 0.3 is 8.80 Å². The van der Waals surface area contributed by atoms with Gasteiger partial charge in [-0.25, -0.2) is 9.79 Å². The van der Waals surface area contributed by atoms with Gasteiger partial charge in [0.1, 0.15) is 0 Å². The molecule has 114 valence electrons. The molecule has 0 unspecified atom stereocenters. The Balaban J connectivity index is 5.06. The maximum Gasteiger partial charge on any atom is 0.469 e. The van der Waals surface area contributed by atoms with E-state index >= 15 is 0 Å². The van der Waals surface area contributed by atoms with Crippen LogP contribution in [0.15, 0.2) is 41.8 Å². The van der Waals surface area contributed by atoms with Crippen LogP contribution in [0.5, 0.6) is 0 Å². The van der Waals surface area contributed by atoms with Crippen molar-refractivity contribution >= 4 is 42.7 Å². The average Bonchev–Trinajstić information content (AvgIpc) is 2.47. The van der Waals surface area contributed by atoms with Crippen molar-refractivity contribution in [3.63, 3.8) is 0 Å². The Morgan fingerprint density at radius 2 is 1.76 bits per heavy atom. The Bertz CT molecular complexity index is 385. The van der Waals surface area contributed by atoms with Gasteiger partial charge in [-0.05, 0) is 19.5 Å². The van der Waals surface area contributed by atoms with Crippen molar-refractivity contribution in [3.8, 4) is 0 Å². The molecule has 0 aliphatic heterocycles. The van der Waals surface area contributed by atoms with Crippen molar-refractivity contribution in [1.29, 1.82) is 0 Å². The van der Waals surface area contributed by atoms with Gasteiger partial charge in [0.05, 0.1) is 6.54 Å². The van der Waals surface area contributed by atoms with E-state index in [0.29, 0.717) is 19.0 Å². The summed E-state index contributed by atoms with van der Waals surface area (Å²) in [5.41, 5.74) is 5.23. The molecule has 9 heteroatoms. The van der Waals surface area contributed by atoms with Crippen LogP contribution < -0.4 is 0 Å². The minimum Gasteiger partial charge on any atom is -0.413 e. The maximum atomic E-state index is 10.1. The molecule has 4 radical (unpaired) electrons. The molecule has 0 spiro atoms. The van der Waals surface area contributed by atoms with E-state index in [1.165, 1.54) is 6.08 Å². The molecular weight excluding hydrogens is 334 g/mol. The first-order chi connectivity index (χ1) is 9.95. The highest BCUT2D eigenvalue weighted by atomic mass is 28.5. The van der Waals surface area contributed by atoms with Crippen molar-refractivity contribution < 1.29 is 17.1 Å². The average molecular weight is 356 g/mol. The lowest BCUT2D eigenvalue weighted by molar-refractivity contribution is 0.273. The minimum absolute atomic E-state index is 0.103. The summed E-state index contributed by atoms with van der Waals surface area (Å²) >= 11 is 0. The van der Waals surface area contributed by atoms with E-state index in [1.807, 2.05) is 18.8 Å². The first-order valence-corrected chi connectivity index (χ1v) is 13.3. The molecule has 0 aromatic rings. The summed E-state index contributed by atoms with van der Waals surface area (Å²) in [7, 11) is -4.73. The fourth-order valence-electron chi connectivity index (χ4n) is 1.34. The van der Waals surface area contributed by atoms with Gasteiger partial charge in [-0.1, -0.05) is 17.1 Å². The van der Waals surface area contributed by atoms with E-state index < -0.39 is 17.1 Å². The molecule has 0 aliphatic rings. The largest absolute Gasteiger partial charge is 0.469 e. The number of hydrogen-bond acceptors (Lipinski definition) is 5. The summed E-state index contributed by atoms with van der Waals surface area (Å²) in [6, 6.07) is 0.587. The third-order valence-electron chi connectivity index (χ3n) is 2.32. The molecule has 0 saturated carbocycles. The molecular formula is C12H21NO4Si4. The van der Waals surface area contributed by atoms with E-state index in [1.54, 1.807) is 11.4 Å². The van der Waals surface area contributed by atoms with Crippen LogP contribution >= 0.6 is 0 Å². The van der Waals surface area contributed by atoms with Crippen LogP contribution in [0.25, 0.3) is 0 Å². The number of isocyanates is 1. The SMILES string of the molecule is C=C[Si]O[Si](CCCN=C=O)(O[Si]C=C)O[Si](C)(C)C=C. The van der Waals surface area contributed by atoms with Crippen LogP contribution in [0.1, 0.15) is 6.42 Å². The lowest BCUT2D eigenvalue weighted by atomic mass is 10.5. The Kier molecular flexibility index (Phi) is 10.6. The molecule has 0 rings (SSSR count).